The molecule has 0 saturated heterocycles. The third-order valence-corrected chi connectivity index (χ3v) is 2.58. The van der Waals surface area contributed by atoms with E-state index in [1.165, 1.54) is 11.0 Å². The molecule has 2 unspecified atom stereocenters. The number of carbonyl (C=O) groups excluding carboxylic acids is 1. The molecule has 1 rings (SSSR count). The Balaban J connectivity index is 2.92. The van der Waals surface area contributed by atoms with E-state index in [1.807, 2.05) is 0 Å². The van der Waals surface area contributed by atoms with Crippen molar-refractivity contribution in [3.05, 3.63) is 45.8 Å². The monoisotopic (exact) mass is 264 g/mol. The topological polar surface area (TPSA) is 110 Å². The molecule has 1 amide bonds. The zero-order valence-corrected chi connectivity index (χ0v) is 10.8. The second kappa shape index (κ2) is 6.75. The van der Waals surface area contributed by atoms with Crippen LogP contribution in [-0.2, 0) is 0 Å². The Morgan fingerprint density at radius 2 is 2.16 bits per heavy atom. The zero-order valence-electron chi connectivity index (χ0n) is 10.8. The molecule has 0 aliphatic carbocycles. The summed E-state index contributed by atoms with van der Waals surface area (Å²) in [5, 5.41) is 22.7. The largest absolute Gasteiger partial charge is 0.390 e. The molecule has 102 valence electrons. The van der Waals surface area contributed by atoms with Gasteiger partial charge in [-0.15, -0.1) is 0 Å². The van der Waals surface area contributed by atoms with E-state index in [9.17, 15) is 15.0 Å². The maximum absolute atomic E-state index is 11.8. The second-order valence-electron chi connectivity index (χ2n) is 4.25. The first kappa shape index (κ1) is 15.0. The molecule has 0 radical (unpaired) electrons. The molecule has 2 atom stereocenters. The highest BCUT2D eigenvalue weighted by molar-refractivity contribution is 5.94. The van der Waals surface area contributed by atoms with Crippen molar-refractivity contribution >= 4 is 5.91 Å². The predicted molar refractivity (Wildman–Crippen MR) is 69.4 cm³/mol. The number of nitrogens with zero attached hydrogens (tertiary/aromatic N) is 4. The van der Waals surface area contributed by atoms with Gasteiger partial charge < -0.3 is 15.1 Å². The SMILES string of the molecule is CN(C)C(=O)c1cccc(C(O)C(O)CN=[N+]=[N-])c1. The summed E-state index contributed by atoms with van der Waals surface area (Å²) in [5.74, 6) is -0.196. The summed E-state index contributed by atoms with van der Waals surface area (Å²) in [7, 11) is 3.25. The summed E-state index contributed by atoms with van der Waals surface area (Å²) in [5.41, 5.74) is 8.97. The first-order valence-electron chi connectivity index (χ1n) is 5.66. The van der Waals surface area contributed by atoms with Crippen LogP contribution in [0.25, 0.3) is 10.4 Å². The summed E-state index contributed by atoms with van der Waals surface area (Å²) >= 11 is 0. The highest BCUT2D eigenvalue weighted by atomic mass is 16.3. The van der Waals surface area contributed by atoms with E-state index in [1.54, 1.807) is 32.3 Å². The molecule has 1 aromatic carbocycles. The van der Waals surface area contributed by atoms with Gasteiger partial charge in [-0.3, -0.25) is 4.79 Å². The van der Waals surface area contributed by atoms with Crippen molar-refractivity contribution in [2.45, 2.75) is 12.2 Å². The van der Waals surface area contributed by atoms with Gasteiger partial charge in [-0.1, -0.05) is 17.2 Å². The molecule has 2 N–H and O–H groups in total. The molecule has 7 heteroatoms. The molecule has 0 bridgehead atoms. The van der Waals surface area contributed by atoms with Crippen molar-refractivity contribution in [1.29, 1.82) is 0 Å². The number of aliphatic hydroxyl groups is 2. The van der Waals surface area contributed by atoms with Crippen LogP contribution in [0.4, 0.5) is 0 Å². The first-order valence-corrected chi connectivity index (χ1v) is 5.66. The summed E-state index contributed by atoms with van der Waals surface area (Å²) in [4.78, 5) is 15.7. The molecule has 0 fully saturated rings. The minimum Gasteiger partial charge on any atom is -0.390 e. The highest BCUT2D eigenvalue weighted by Crippen LogP contribution is 2.19. The van der Waals surface area contributed by atoms with Crippen LogP contribution in [0, 0.1) is 0 Å². The van der Waals surface area contributed by atoms with Crippen molar-refractivity contribution in [3.63, 3.8) is 0 Å². The Kier molecular flexibility index (Phi) is 5.32. The van der Waals surface area contributed by atoms with Crippen molar-refractivity contribution < 1.29 is 15.0 Å². The van der Waals surface area contributed by atoms with E-state index in [2.05, 4.69) is 10.0 Å². The first-order chi connectivity index (χ1) is 8.97. The molecule has 0 heterocycles. The average Bonchev–Trinajstić information content (AvgIpc) is 2.43. The van der Waals surface area contributed by atoms with E-state index in [0.717, 1.165) is 0 Å². The van der Waals surface area contributed by atoms with Gasteiger partial charge in [0.25, 0.3) is 5.91 Å². The number of hydrogen-bond acceptors (Lipinski definition) is 4. The lowest BCUT2D eigenvalue weighted by Crippen LogP contribution is -2.23. The van der Waals surface area contributed by atoms with Crippen LogP contribution in [0.3, 0.4) is 0 Å². The molecular weight excluding hydrogens is 248 g/mol. The summed E-state index contributed by atoms with van der Waals surface area (Å²) in [6.45, 7) is -0.233. The van der Waals surface area contributed by atoms with Gasteiger partial charge in [-0.2, -0.15) is 0 Å². The van der Waals surface area contributed by atoms with E-state index in [4.69, 9.17) is 5.53 Å². The van der Waals surface area contributed by atoms with Crippen LogP contribution >= 0.6 is 0 Å². The van der Waals surface area contributed by atoms with Gasteiger partial charge in [0.05, 0.1) is 12.6 Å². The normalized spacial score (nSPS) is 13.3. The van der Waals surface area contributed by atoms with E-state index in [0.29, 0.717) is 11.1 Å². The smallest absolute Gasteiger partial charge is 0.253 e. The van der Waals surface area contributed by atoms with Crippen LogP contribution in [0.1, 0.15) is 22.0 Å². The van der Waals surface area contributed by atoms with Crippen LogP contribution in [0.5, 0.6) is 0 Å². The van der Waals surface area contributed by atoms with Gasteiger partial charge in [0, 0.05) is 24.6 Å². The van der Waals surface area contributed by atoms with Crippen LogP contribution in [0.15, 0.2) is 29.4 Å². The van der Waals surface area contributed by atoms with Crippen molar-refractivity contribution in [2.75, 3.05) is 20.6 Å². The highest BCUT2D eigenvalue weighted by Gasteiger charge is 2.19. The zero-order chi connectivity index (χ0) is 14.4. The lowest BCUT2D eigenvalue weighted by molar-refractivity contribution is 0.0243. The van der Waals surface area contributed by atoms with Crippen molar-refractivity contribution in [3.8, 4) is 0 Å². The van der Waals surface area contributed by atoms with E-state index >= 15 is 0 Å². The molecule has 0 aliphatic rings. The van der Waals surface area contributed by atoms with Gasteiger partial charge >= 0.3 is 0 Å². The maximum atomic E-state index is 11.8. The third-order valence-electron chi connectivity index (χ3n) is 2.58. The fourth-order valence-corrected chi connectivity index (χ4v) is 1.56. The number of amides is 1. The lowest BCUT2D eigenvalue weighted by Gasteiger charge is -2.17. The van der Waals surface area contributed by atoms with Crippen molar-refractivity contribution in [1.82, 2.24) is 4.90 Å². The predicted octanol–water partition coefficient (Wildman–Crippen LogP) is 1.09. The fourth-order valence-electron chi connectivity index (χ4n) is 1.56. The van der Waals surface area contributed by atoms with Crippen LogP contribution in [-0.4, -0.2) is 47.8 Å². The van der Waals surface area contributed by atoms with E-state index in [-0.39, 0.29) is 12.5 Å². The number of carbonyl (C=O) groups is 1. The van der Waals surface area contributed by atoms with E-state index < -0.39 is 12.2 Å². The van der Waals surface area contributed by atoms with Crippen LogP contribution in [0.2, 0.25) is 0 Å². The molecular formula is C12H16N4O3. The van der Waals surface area contributed by atoms with Crippen molar-refractivity contribution in [2.24, 2.45) is 5.11 Å². The molecule has 7 nitrogen and oxygen atoms in total. The Hall–Kier alpha value is -2.08. The standard InChI is InChI=1S/C12H16N4O3/c1-16(2)12(19)9-5-3-4-8(6-9)11(18)10(17)7-14-15-13/h3-6,10-11,17-18H,7H2,1-2H3. The summed E-state index contributed by atoms with van der Waals surface area (Å²) in [6, 6.07) is 6.34. The number of aliphatic hydroxyl groups excluding tert-OH is 2. The Labute approximate surface area is 110 Å². The molecule has 0 spiro atoms. The molecule has 0 saturated carbocycles. The van der Waals surface area contributed by atoms with Crippen LogP contribution < -0.4 is 0 Å². The van der Waals surface area contributed by atoms with Gasteiger partial charge in [0.15, 0.2) is 0 Å². The number of rotatable bonds is 5. The number of hydrogen-bond donors (Lipinski definition) is 2. The fraction of sp³-hybridized carbons (Fsp3) is 0.417. The Bertz CT molecular complexity index is 498. The Morgan fingerprint density at radius 3 is 2.74 bits per heavy atom. The minimum atomic E-state index is -1.21. The number of benzene rings is 1. The van der Waals surface area contributed by atoms with Gasteiger partial charge in [-0.25, -0.2) is 0 Å². The summed E-state index contributed by atoms with van der Waals surface area (Å²) < 4.78 is 0. The van der Waals surface area contributed by atoms with Gasteiger partial charge in [0.1, 0.15) is 6.10 Å². The van der Waals surface area contributed by atoms with Gasteiger partial charge in [0.2, 0.25) is 0 Å². The maximum Gasteiger partial charge on any atom is 0.253 e. The molecule has 0 aliphatic heterocycles. The lowest BCUT2D eigenvalue weighted by atomic mass is 10.0. The average molecular weight is 264 g/mol. The molecule has 1 aromatic rings. The number of azide groups is 1. The second-order valence-corrected chi connectivity index (χ2v) is 4.25. The third kappa shape index (κ3) is 3.96. The molecule has 0 aromatic heterocycles. The Morgan fingerprint density at radius 1 is 1.47 bits per heavy atom. The minimum absolute atomic E-state index is 0.196. The molecule has 19 heavy (non-hydrogen) atoms. The quantitative estimate of drug-likeness (QED) is 0.472. The summed E-state index contributed by atoms with van der Waals surface area (Å²) in [6.07, 6.45) is -2.42. The van der Waals surface area contributed by atoms with Gasteiger partial charge in [-0.05, 0) is 23.2 Å².